The number of thiazole rings is 1. The molecule has 0 atom stereocenters. The van der Waals surface area contributed by atoms with Gasteiger partial charge in [-0.2, -0.15) is 17.7 Å². The molecule has 0 radical (unpaired) electrons. The molecule has 10 heteroatoms. The van der Waals surface area contributed by atoms with Crippen LogP contribution < -0.4 is 4.57 Å². The second-order valence-corrected chi connectivity index (χ2v) is 9.28. The Bertz CT molecular complexity index is 1520. The molecule has 0 bridgehead atoms. The van der Waals surface area contributed by atoms with Crippen LogP contribution in [0.1, 0.15) is 0 Å². The van der Waals surface area contributed by atoms with Crippen molar-refractivity contribution in [2.24, 2.45) is 0 Å². The summed E-state index contributed by atoms with van der Waals surface area (Å²) < 4.78 is 62.3. The first-order valence-electron chi connectivity index (χ1n) is 9.51. The van der Waals surface area contributed by atoms with Crippen LogP contribution in [-0.4, -0.2) is 23.5 Å². The topological polar surface area (TPSA) is 74.0 Å². The molecule has 2 aromatic heterocycles. The molecule has 0 aliphatic rings. The van der Waals surface area contributed by atoms with Gasteiger partial charge < -0.3 is 4.55 Å². The lowest BCUT2D eigenvalue weighted by Gasteiger charge is -2.08. The zero-order chi connectivity index (χ0) is 23.6. The van der Waals surface area contributed by atoms with Crippen LogP contribution in [0.15, 0.2) is 91.3 Å². The van der Waals surface area contributed by atoms with Gasteiger partial charge in [-0.1, -0.05) is 48.5 Å². The van der Waals surface area contributed by atoms with Gasteiger partial charge in [0.15, 0.2) is 22.5 Å². The fourth-order valence-electron chi connectivity index (χ4n) is 3.13. The molecule has 5 nitrogen and oxygen atoms in total. The Kier molecular flexibility index (Phi) is 6.15. The lowest BCUT2D eigenvalue weighted by Crippen LogP contribution is -2.28. The van der Waals surface area contributed by atoms with E-state index in [0.29, 0.717) is 0 Å². The minimum atomic E-state index is -6.09. The highest BCUT2D eigenvalue weighted by atomic mass is 32.2. The van der Waals surface area contributed by atoms with Gasteiger partial charge in [0.2, 0.25) is 5.69 Å². The maximum atomic E-state index is 10.7. The van der Waals surface area contributed by atoms with Crippen LogP contribution in [0.4, 0.5) is 13.2 Å². The fraction of sp³-hybridized carbons (Fsp3) is 0.0435. The number of hydrogen-bond acceptors (Lipinski definition) is 5. The molecule has 0 amide bonds. The molecular formula is C23H15F3N2O3S2. The van der Waals surface area contributed by atoms with Crippen molar-refractivity contribution in [2.75, 3.05) is 0 Å². The van der Waals surface area contributed by atoms with Crippen LogP contribution in [0.5, 0.6) is 0 Å². The Hall–Kier alpha value is -3.34. The van der Waals surface area contributed by atoms with E-state index in [0.717, 1.165) is 21.8 Å². The van der Waals surface area contributed by atoms with E-state index in [9.17, 15) is 13.2 Å². The van der Waals surface area contributed by atoms with E-state index < -0.39 is 15.6 Å². The molecule has 33 heavy (non-hydrogen) atoms. The largest absolute Gasteiger partial charge is 0.741 e. The first-order chi connectivity index (χ1) is 15.6. The smallest absolute Gasteiger partial charge is 0.485 e. The van der Waals surface area contributed by atoms with Crippen LogP contribution >= 0.6 is 11.3 Å². The van der Waals surface area contributed by atoms with E-state index in [-0.39, 0.29) is 0 Å². The summed E-state index contributed by atoms with van der Waals surface area (Å²) in [5.74, 6) is 0. The summed E-state index contributed by atoms with van der Waals surface area (Å²) in [5.41, 5.74) is -2.24. The second kappa shape index (κ2) is 8.89. The standard InChI is InChI=1S/C22H15N2S.CHF3O3S/c1-2-7-18(8-3-1)24-14-12-17(13-15-24)22-23-21-19-9-5-4-6-16(19)10-11-20(21)25-22;2-1(3,4)8(5,6)7/h1-15H;(H,5,6,7)/q+1;/p-1. The normalized spacial score (nSPS) is 11.9. The summed E-state index contributed by atoms with van der Waals surface area (Å²) in [6.07, 6.45) is 4.18. The molecule has 0 saturated heterocycles. The van der Waals surface area contributed by atoms with E-state index in [1.807, 2.05) is 6.07 Å². The maximum absolute atomic E-state index is 10.7. The van der Waals surface area contributed by atoms with E-state index in [1.54, 1.807) is 11.3 Å². The van der Waals surface area contributed by atoms with Crippen molar-refractivity contribution in [1.82, 2.24) is 4.98 Å². The summed E-state index contributed by atoms with van der Waals surface area (Å²) in [6, 6.07) is 27.4. The third kappa shape index (κ3) is 5.03. The minimum Gasteiger partial charge on any atom is -0.741 e. The maximum Gasteiger partial charge on any atom is 0.485 e. The van der Waals surface area contributed by atoms with E-state index in [4.69, 9.17) is 18.0 Å². The molecule has 0 spiro atoms. The summed E-state index contributed by atoms with van der Waals surface area (Å²) in [5, 5.41) is 3.52. The number of benzene rings is 3. The number of alkyl halides is 3. The van der Waals surface area contributed by atoms with Gasteiger partial charge in [0.25, 0.3) is 0 Å². The van der Waals surface area contributed by atoms with E-state index in [2.05, 4.69) is 89.8 Å². The summed E-state index contributed by atoms with van der Waals surface area (Å²) >= 11 is 1.75. The number of rotatable bonds is 2. The number of aromatic nitrogens is 2. The third-order valence-corrected chi connectivity index (χ3v) is 6.33. The number of halogens is 3. The molecule has 168 valence electrons. The van der Waals surface area contributed by atoms with Crippen molar-refractivity contribution in [1.29, 1.82) is 0 Å². The fourth-order valence-corrected chi connectivity index (χ4v) is 4.11. The highest BCUT2D eigenvalue weighted by molar-refractivity contribution is 7.86. The Labute approximate surface area is 191 Å². The number of nitrogens with zero attached hydrogens (tertiary/aromatic N) is 2. The predicted molar refractivity (Wildman–Crippen MR) is 120 cm³/mol. The number of hydrogen-bond donors (Lipinski definition) is 0. The van der Waals surface area contributed by atoms with Crippen LogP contribution in [-0.2, 0) is 10.1 Å². The summed E-state index contributed by atoms with van der Waals surface area (Å²) in [4.78, 5) is 4.92. The molecule has 0 saturated carbocycles. The van der Waals surface area contributed by atoms with Crippen molar-refractivity contribution >= 4 is 42.4 Å². The molecule has 5 rings (SSSR count). The van der Waals surface area contributed by atoms with Gasteiger partial charge in [-0.25, -0.2) is 13.4 Å². The lowest BCUT2D eigenvalue weighted by molar-refractivity contribution is -0.595. The van der Waals surface area contributed by atoms with Crippen LogP contribution in [0.2, 0.25) is 0 Å². The minimum absolute atomic E-state index is 1.06. The van der Waals surface area contributed by atoms with Crippen molar-refractivity contribution in [3.63, 3.8) is 0 Å². The Morgan fingerprint density at radius 3 is 2.09 bits per heavy atom. The summed E-state index contributed by atoms with van der Waals surface area (Å²) in [7, 11) is -6.09. The predicted octanol–water partition coefficient (Wildman–Crippen LogP) is 5.44. The van der Waals surface area contributed by atoms with Crippen molar-refractivity contribution in [3.05, 3.63) is 91.3 Å². The van der Waals surface area contributed by atoms with Crippen molar-refractivity contribution in [3.8, 4) is 16.3 Å². The average Bonchev–Trinajstić information content (AvgIpc) is 3.24. The molecule has 0 fully saturated rings. The van der Waals surface area contributed by atoms with Crippen molar-refractivity contribution < 1.29 is 30.7 Å². The van der Waals surface area contributed by atoms with Crippen LogP contribution in [0, 0.1) is 0 Å². The SMILES string of the molecule is O=S(=O)([O-])C(F)(F)F.c1ccc(-[n+]2ccc(-c3nc4c(ccc5ccccc54)s3)cc2)cc1. The van der Waals surface area contributed by atoms with Gasteiger partial charge in [-0.15, -0.1) is 11.3 Å². The Morgan fingerprint density at radius 1 is 0.848 bits per heavy atom. The second-order valence-electron chi connectivity index (χ2n) is 6.88. The average molecular weight is 489 g/mol. The first kappa shape index (κ1) is 22.8. The molecule has 0 aliphatic carbocycles. The Balaban J connectivity index is 0.000000281. The zero-order valence-corrected chi connectivity index (χ0v) is 18.4. The molecule has 0 N–H and O–H groups in total. The Morgan fingerprint density at radius 2 is 1.45 bits per heavy atom. The quantitative estimate of drug-likeness (QED) is 0.188. The van der Waals surface area contributed by atoms with E-state index >= 15 is 0 Å². The number of para-hydroxylation sites is 1. The van der Waals surface area contributed by atoms with Gasteiger partial charge in [0, 0.05) is 35.2 Å². The molecule has 5 aromatic rings. The molecule has 0 unspecified atom stereocenters. The lowest BCUT2D eigenvalue weighted by atomic mass is 10.1. The van der Waals surface area contributed by atoms with Gasteiger partial charge in [-0.3, -0.25) is 0 Å². The zero-order valence-electron chi connectivity index (χ0n) is 16.7. The molecule has 3 aromatic carbocycles. The number of pyridine rings is 1. The molecule has 2 heterocycles. The van der Waals surface area contributed by atoms with Crippen LogP contribution in [0.3, 0.4) is 0 Å². The first-order valence-corrected chi connectivity index (χ1v) is 11.7. The van der Waals surface area contributed by atoms with Crippen molar-refractivity contribution in [2.45, 2.75) is 5.51 Å². The highest BCUT2D eigenvalue weighted by Crippen LogP contribution is 2.33. The van der Waals surface area contributed by atoms with Gasteiger partial charge in [0.1, 0.15) is 5.01 Å². The highest BCUT2D eigenvalue weighted by Gasteiger charge is 2.36. The molecule has 0 aliphatic heterocycles. The monoisotopic (exact) mass is 488 g/mol. The molecular weight excluding hydrogens is 473 g/mol. The number of fused-ring (bicyclic) bond motifs is 3. The third-order valence-electron chi connectivity index (χ3n) is 4.70. The van der Waals surface area contributed by atoms with Crippen LogP contribution in [0.25, 0.3) is 37.2 Å². The summed E-state index contributed by atoms with van der Waals surface area (Å²) in [6.45, 7) is 0. The van der Waals surface area contributed by atoms with Gasteiger partial charge in [-0.05, 0) is 11.5 Å². The van der Waals surface area contributed by atoms with Gasteiger partial charge in [0.05, 0.1) is 10.2 Å². The van der Waals surface area contributed by atoms with E-state index in [1.165, 1.54) is 15.5 Å². The van der Waals surface area contributed by atoms with Gasteiger partial charge >= 0.3 is 5.51 Å².